The van der Waals surface area contributed by atoms with Gasteiger partial charge in [-0.25, -0.2) is 0 Å². The molecule has 0 heterocycles. The Balaban J connectivity index is 1.85. The lowest BCUT2D eigenvalue weighted by atomic mass is 10.1. The Labute approximate surface area is 125 Å². The van der Waals surface area contributed by atoms with E-state index in [9.17, 15) is 4.79 Å². The maximum absolute atomic E-state index is 12.1. The smallest absolute Gasteiger partial charge is 0.176 e. The van der Waals surface area contributed by atoms with Crippen LogP contribution in [0.4, 0.5) is 0 Å². The molecular formula is C18H18N2O. The number of Topliss-reactive ketones (excluding diaryl/α,β-unsaturated/α-hetero) is 1. The van der Waals surface area contributed by atoms with Gasteiger partial charge in [0.1, 0.15) is 0 Å². The highest BCUT2D eigenvalue weighted by Gasteiger charge is 2.09. The van der Waals surface area contributed by atoms with Gasteiger partial charge in [0.25, 0.3) is 0 Å². The number of hydrogen-bond donors (Lipinski definition) is 0. The molecule has 3 nitrogen and oxygen atoms in total. The van der Waals surface area contributed by atoms with Crippen LogP contribution in [0.1, 0.15) is 21.5 Å². The first-order valence-electron chi connectivity index (χ1n) is 6.95. The molecule has 0 N–H and O–H groups in total. The van der Waals surface area contributed by atoms with Gasteiger partial charge < -0.3 is 0 Å². The molecule has 0 bridgehead atoms. The fraction of sp³-hybridized carbons (Fsp3) is 0.222. The van der Waals surface area contributed by atoms with E-state index in [-0.39, 0.29) is 5.78 Å². The predicted octanol–water partition coefficient (Wildman–Crippen LogP) is 2.92. The third kappa shape index (κ3) is 4.55. The molecule has 21 heavy (non-hydrogen) atoms. The number of nitriles is 1. The summed E-state index contributed by atoms with van der Waals surface area (Å²) in [6, 6.07) is 19.1. The minimum absolute atomic E-state index is 0.0788. The van der Waals surface area contributed by atoms with E-state index in [0.717, 1.165) is 13.0 Å². The van der Waals surface area contributed by atoms with Crippen molar-refractivity contribution in [1.29, 1.82) is 5.26 Å². The van der Waals surface area contributed by atoms with E-state index in [1.807, 2.05) is 30.1 Å². The van der Waals surface area contributed by atoms with E-state index in [1.165, 1.54) is 5.56 Å². The van der Waals surface area contributed by atoms with Crippen LogP contribution in [0.25, 0.3) is 0 Å². The molecule has 0 spiro atoms. The van der Waals surface area contributed by atoms with Crippen LogP contribution < -0.4 is 0 Å². The lowest BCUT2D eigenvalue weighted by Crippen LogP contribution is -2.28. The predicted molar refractivity (Wildman–Crippen MR) is 83.1 cm³/mol. The molecular weight excluding hydrogens is 260 g/mol. The second-order valence-corrected chi connectivity index (χ2v) is 5.09. The summed E-state index contributed by atoms with van der Waals surface area (Å²) in [5.41, 5.74) is 2.50. The molecule has 2 aromatic carbocycles. The van der Waals surface area contributed by atoms with Crippen LogP contribution in [-0.2, 0) is 6.42 Å². The fourth-order valence-corrected chi connectivity index (χ4v) is 2.11. The number of benzene rings is 2. The Bertz CT molecular complexity index is 627. The summed E-state index contributed by atoms with van der Waals surface area (Å²) in [7, 11) is 1.95. The number of ketones is 1. The van der Waals surface area contributed by atoms with Crippen LogP contribution in [-0.4, -0.2) is 30.8 Å². The summed E-state index contributed by atoms with van der Waals surface area (Å²) in [5, 5.41) is 8.75. The Morgan fingerprint density at radius 2 is 1.76 bits per heavy atom. The van der Waals surface area contributed by atoms with Gasteiger partial charge in [0.15, 0.2) is 5.78 Å². The highest BCUT2D eigenvalue weighted by atomic mass is 16.1. The van der Waals surface area contributed by atoms with Crippen LogP contribution in [0.15, 0.2) is 54.6 Å². The summed E-state index contributed by atoms with van der Waals surface area (Å²) in [4.78, 5) is 14.2. The van der Waals surface area contributed by atoms with E-state index in [2.05, 4.69) is 18.2 Å². The fourth-order valence-electron chi connectivity index (χ4n) is 2.11. The standard InChI is InChI=1S/C18H18N2O/c1-20(12-11-15-5-3-2-4-6-15)14-18(21)17-9-7-16(13-19)8-10-17/h2-10H,11-12,14H2,1H3. The van der Waals surface area contributed by atoms with Crippen molar-refractivity contribution in [2.24, 2.45) is 0 Å². The number of nitrogens with zero attached hydrogens (tertiary/aromatic N) is 2. The van der Waals surface area contributed by atoms with Gasteiger partial charge in [0.05, 0.1) is 18.2 Å². The zero-order valence-corrected chi connectivity index (χ0v) is 12.1. The van der Waals surface area contributed by atoms with Crippen LogP contribution in [0.5, 0.6) is 0 Å². The maximum atomic E-state index is 12.1. The van der Waals surface area contributed by atoms with Crippen LogP contribution in [0.2, 0.25) is 0 Å². The monoisotopic (exact) mass is 278 g/mol. The molecule has 0 amide bonds. The topological polar surface area (TPSA) is 44.1 Å². The molecule has 0 aliphatic heterocycles. The number of likely N-dealkylation sites (N-methyl/N-ethyl adjacent to an activating group) is 1. The summed E-state index contributed by atoms with van der Waals surface area (Å²) in [6.07, 6.45) is 0.929. The molecule has 0 radical (unpaired) electrons. The minimum Gasteiger partial charge on any atom is -0.299 e. The second kappa shape index (κ2) is 7.37. The van der Waals surface area contributed by atoms with Gasteiger partial charge in [-0.2, -0.15) is 5.26 Å². The highest BCUT2D eigenvalue weighted by molar-refractivity contribution is 5.97. The molecule has 2 rings (SSSR count). The average molecular weight is 278 g/mol. The van der Waals surface area contributed by atoms with Gasteiger partial charge in [-0.1, -0.05) is 42.5 Å². The van der Waals surface area contributed by atoms with Crippen molar-refractivity contribution in [1.82, 2.24) is 4.90 Å². The number of hydrogen-bond acceptors (Lipinski definition) is 3. The van der Waals surface area contributed by atoms with Crippen LogP contribution in [0.3, 0.4) is 0 Å². The SMILES string of the molecule is CN(CCc1ccccc1)CC(=O)c1ccc(C#N)cc1. The molecule has 2 aromatic rings. The van der Waals surface area contributed by atoms with Crippen LogP contribution >= 0.6 is 0 Å². The molecule has 0 saturated heterocycles. The van der Waals surface area contributed by atoms with Crippen molar-refractivity contribution in [3.63, 3.8) is 0 Å². The van der Waals surface area contributed by atoms with Crippen molar-refractivity contribution in [2.75, 3.05) is 20.1 Å². The average Bonchev–Trinajstić information content (AvgIpc) is 2.54. The molecule has 0 aliphatic rings. The third-order valence-corrected chi connectivity index (χ3v) is 3.37. The van der Waals surface area contributed by atoms with Crippen molar-refractivity contribution in [3.8, 4) is 6.07 Å². The van der Waals surface area contributed by atoms with Gasteiger partial charge in [-0.3, -0.25) is 9.69 Å². The van der Waals surface area contributed by atoms with Gasteiger partial charge in [-0.15, -0.1) is 0 Å². The molecule has 0 unspecified atom stereocenters. The molecule has 106 valence electrons. The normalized spacial score (nSPS) is 10.3. The number of carbonyl (C=O) groups excluding carboxylic acids is 1. The van der Waals surface area contributed by atoms with E-state index in [1.54, 1.807) is 24.3 Å². The Morgan fingerprint density at radius 1 is 1.10 bits per heavy atom. The lowest BCUT2D eigenvalue weighted by molar-refractivity contribution is 0.0947. The highest BCUT2D eigenvalue weighted by Crippen LogP contribution is 2.06. The van der Waals surface area contributed by atoms with Gasteiger partial charge >= 0.3 is 0 Å². The Morgan fingerprint density at radius 3 is 2.38 bits per heavy atom. The van der Waals surface area contributed by atoms with Crippen LogP contribution in [0, 0.1) is 11.3 Å². The molecule has 0 fully saturated rings. The van der Waals surface area contributed by atoms with Gasteiger partial charge in [-0.05, 0) is 31.2 Å². The van der Waals surface area contributed by atoms with Gasteiger partial charge in [0.2, 0.25) is 0 Å². The Kier molecular flexibility index (Phi) is 5.25. The summed E-state index contributed by atoms with van der Waals surface area (Å²) < 4.78 is 0. The quantitative estimate of drug-likeness (QED) is 0.763. The number of rotatable bonds is 6. The Hall–Kier alpha value is -2.44. The van der Waals surface area contributed by atoms with Crippen molar-refractivity contribution in [2.45, 2.75) is 6.42 Å². The van der Waals surface area contributed by atoms with Crippen molar-refractivity contribution < 1.29 is 4.79 Å². The molecule has 0 atom stereocenters. The first-order valence-corrected chi connectivity index (χ1v) is 6.95. The van der Waals surface area contributed by atoms with E-state index in [4.69, 9.17) is 5.26 Å². The zero-order valence-electron chi connectivity index (χ0n) is 12.1. The maximum Gasteiger partial charge on any atom is 0.176 e. The van der Waals surface area contributed by atoms with Crippen molar-refractivity contribution >= 4 is 5.78 Å². The largest absolute Gasteiger partial charge is 0.299 e. The first-order chi connectivity index (χ1) is 10.2. The molecule has 3 heteroatoms. The minimum atomic E-state index is 0.0788. The van der Waals surface area contributed by atoms with E-state index in [0.29, 0.717) is 17.7 Å². The first kappa shape index (κ1) is 15.0. The number of carbonyl (C=O) groups is 1. The molecule has 0 saturated carbocycles. The van der Waals surface area contributed by atoms with Crippen molar-refractivity contribution in [3.05, 3.63) is 71.3 Å². The molecule has 0 aliphatic carbocycles. The molecule has 0 aromatic heterocycles. The summed E-state index contributed by atoms with van der Waals surface area (Å²) in [6.45, 7) is 1.23. The summed E-state index contributed by atoms with van der Waals surface area (Å²) >= 11 is 0. The third-order valence-electron chi connectivity index (χ3n) is 3.37. The lowest BCUT2D eigenvalue weighted by Gasteiger charge is -2.15. The van der Waals surface area contributed by atoms with E-state index < -0.39 is 0 Å². The second-order valence-electron chi connectivity index (χ2n) is 5.09. The van der Waals surface area contributed by atoms with E-state index >= 15 is 0 Å². The summed E-state index contributed by atoms with van der Waals surface area (Å²) in [5.74, 6) is 0.0788. The van der Waals surface area contributed by atoms with Gasteiger partial charge in [0, 0.05) is 12.1 Å². The zero-order chi connectivity index (χ0) is 15.1.